The van der Waals surface area contributed by atoms with E-state index in [1.165, 1.54) is 24.3 Å². The third kappa shape index (κ3) is 2.66. The highest BCUT2D eigenvalue weighted by atomic mass is 32.2. The predicted molar refractivity (Wildman–Crippen MR) is 67.6 cm³/mol. The summed E-state index contributed by atoms with van der Waals surface area (Å²) in [5.41, 5.74) is 5.79. The van der Waals surface area contributed by atoms with Gasteiger partial charge in [0, 0.05) is 11.8 Å². The Bertz CT molecular complexity index is 758. The molecule has 0 spiro atoms. The fraction of sp³-hybridized carbons (Fsp3) is 0.0909. The van der Waals surface area contributed by atoms with E-state index in [4.69, 9.17) is 15.5 Å². The minimum Gasteiger partial charge on any atom is -0.399 e. The summed E-state index contributed by atoms with van der Waals surface area (Å²) in [4.78, 5) is -0.162. The van der Waals surface area contributed by atoms with E-state index in [2.05, 4.69) is 9.88 Å². The third-order valence-electron chi connectivity index (χ3n) is 2.28. The molecule has 0 amide bonds. The second kappa shape index (κ2) is 4.62. The normalized spacial score (nSPS) is 10.9. The topological polar surface area (TPSA) is 122 Å². The van der Waals surface area contributed by atoms with Crippen LogP contribution in [0.15, 0.2) is 33.7 Å². The van der Waals surface area contributed by atoms with Gasteiger partial charge in [-0.2, -0.15) is 5.26 Å². The Balaban J connectivity index is 2.43. The Morgan fingerprint density at radius 2 is 2.16 bits per heavy atom. The number of sulfonamides is 1. The van der Waals surface area contributed by atoms with Crippen LogP contribution in [0, 0.1) is 18.3 Å². The fourth-order valence-corrected chi connectivity index (χ4v) is 2.60. The molecule has 0 saturated heterocycles. The van der Waals surface area contributed by atoms with E-state index in [0.717, 1.165) is 0 Å². The molecule has 19 heavy (non-hydrogen) atoms. The van der Waals surface area contributed by atoms with Crippen molar-refractivity contribution in [3.8, 4) is 6.07 Å². The average Bonchev–Trinajstić information content (AvgIpc) is 2.73. The average molecular weight is 278 g/mol. The van der Waals surface area contributed by atoms with Gasteiger partial charge in [0.1, 0.15) is 16.7 Å². The molecule has 0 aliphatic carbocycles. The number of aromatic nitrogens is 1. The van der Waals surface area contributed by atoms with Crippen LogP contribution in [0.25, 0.3) is 0 Å². The number of nitrogen functional groups attached to an aromatic ring is 1. The largest absolute Gasteiger partial charge is 0.399 e. The van der Waals surface area contributed by atoms with Crippen molar-refractivity contribution in [1.29, 1.82) is 5.26 Å². The Labute approximate surface area is 109 Å². The number of nitriles is 1. The minimum absolute atomic E-state index is 0.0345. The molecule has 0 aliphatic heterocycles. The first kappa shape index (κ1) is 12.9. The van der Waals surface area contributed by atoms with Crippen molar-refractivity contribution in [1.82, 2.24) is 5.16 Å². The van der Waals surface area contributed by atoms with Gasteiger partial charge in [0.2, 0.25) is 0 Å². The van der Waals surface area contributed by atoms with Crippen LogP contribution in [0.4, 0.5) is 11.5 Å². The molecule has 0 atom stereocenters. The molecule has 7 nitrogen and oxygen atoms in total. The predicted octanol–water partition coefficient (Wildman–Crippen LogP) is 1.24. The minimum atomic E-state index is -3.91. The summed E-state index contributed by atoms with van der Waals surface area (Å²) in [5, 5.41) is 12.5. The van der Waals surface area contributed by atoms with E-state index in [-0.39, 0.29) is 16.3 Å². The van der Waals surface area contributed by atoms with E-state index < -0.39 is 10.0 Å². The molecule has 0 bridgehead atoms. The van der Waals surface area contributed by atoms with Crippen LogP contribution in [-0.2, 0) is 10.0 Å². The van der Waals surface area contributed by atoms with Crippen LogP contribution in [0.1, 0.15) is 11.3 Å². The zero-order valence-electron chi connectivity index (χ0n) is 9.91. The SMILES string of the molecule is Cc1cc(NS(=O)(=O)c2ccc(N)cc2C#N)no1. The van der Waals surface area contributed by atoms with E-state index in [1.807, 2.05) is 0 Å². The van der Waals surface area contributed by atoms with Crippen LogP contribution in [0.2, 0.25) is 0 Å². The molecule has 1 heterocycles. The molecule has 0 saturated carbocycles. The van der Waals surface area contributed by atoms with E-state index in [1.54, 1.807) is 13.0 Å². The molecule has 3 N–H and O–H groups in total. The van der Waals surface area contributed by atoms with Gasteiger partial charge in [-0.05, 0) is 25.1 Å². The number of nitrogens with two attached hydrogens (primary N) is 1. The van der Waals surface area contributed by atoms with Crippen LogP contribution in [-0.4, -0.2) is 13.6 Å². The van der Waals surface area contributed by atoms with Crippen molar-refractivity contribution in [3.63, 3.8) is 0 Å². The first-order valence-electron chi connectivity index (χ1n) is 5.18. The summed E-state index contributed by atoms with van der Waals surface area (Å²) in [6.07, 6.45) is 0. The van der Waals surface area contributed by atoms with E-state index in [0.29, 0.717) is 11.4 Å². The Kier molecular flexibility index (Phi) is 3.14. The first-order chi connectivity index (χ1) is 8.92. The lowest BCUT2D eigenvalue weighted by atomic mass is 10.2. The highest BCUT2D eigenvalue weighted by Crippen LogP contribution is 2.21. The van der Waals surface area contributed by atoms with E-state index in [9.17, 15) is 8.42 Å². The number of hydrogen-bond donors (Lipinski definition) is 2. The lowest BCUT2D eigenvalue weighted by Gasteiger charge is -2.07. The van der Waals surface area contributed by atoms with E-state index >= 15 is 0 Å². The summed E-state index contributed by atoms with van der Waals surface area (Å²) < 4.78 is 31.2. The van der Waals surface area contributed by atoms with Crippen LogP contribution < -0.4 is 10.5 Å². The number of aryl methyl sites for hydroxylation is 1. The van der Waals surface area contributed by atoms with Crippen LogP contribution >= 0.6 is 0 Å². The maximum Gasteiger partial charge on any atom is 0.264 e. The molecule has 2 aromatic rings. The molecule has 8 heteroatoms. The van der Waals surface area contributed by atoms with Gasteiger partial charge >= 0.3 is 0 Å². The first-order valence-corrected chi connectivity index (χ1v) is 6.66. The molecule has 98 valence electrons. The number of nitrogens with zero attached hydrogens (tertiary/aromatic N) is 2. The van der Waals surface area contributed by atoms with Crippen LogP contribution in [0.3, 0.4) is 0 Å². The molecule has 2 rings (SSSR count). The smallest absolute Gasteiger partial charge is 0.264 e. The number of rotatable bonds is 3. The van der Waals surface area contributed by atoms with Gasteiger partial charge in [0.25, 0.3) is 10.0 Å². The second-order valence-corrected chi connectivity index (χ2v) is 5.45. The van der Waals surface area contributed by atoms with Gasteiger partial charge in [-0.25, -0.2) is 8.42 Å². The summed E-state index contributed by atoms with van der Waals surface area (Å²) in [5.74, 6) is 0.522. The van der Waals surface area contributed by atoms with Crippen molar-refractivity contribution in [2.24, 2.45) is 0 Å². The van der Waals surface area contributed by atoms with Gasteiger partial charge < -0.3 is 10.3 Å². The van der Waals surface area contributed by atoms with Crippen LogP contribution in [0.5, 0.6) is 0 Å². The van der Waals surface area contributed by atoms with Crippen molar-refractivity contribution in [3.05, 3.63) is 35.6 Å². The molecule has 1 aromatic carbocycles. The lowest BCUT2D eigenvalue weighted by molar-refractivity contribution is 0.400. The Morgan fingerprint density at radius 1 is 1.42 bits per heavy atom. The highest BCUT2D eigenvalue weighted by Gasteiger charge is 2.20. The van der Waals surface area contributed by atoms with Gasteiger partial charge in [-0.1, -0.05) is 5.16 Å². The van der Waals surface area contributed by atoms with Crippen molar-refractivity contribution in [2.45, 2.75) is 11.8 Å². The number of nitrogens with one attached hydrogen (secondary N) is 1. The molecular formula is C11H10N4O3S. The summed E-state index contributed by atoms with van der Waals surface area (Å²) in [6.45, 7) is 1.63. The van der Waals surface area contributed by atoms with Gasteiger partial charge in [0.05, 0.1) is 5.56 Å². The molecule has 0 aliphatic rings. The molecule has 0 radical (unpaired) electrons. The molecular weight excluding hydrogens is 268 g/mol. The molecule has 0 unspecified atom stereocenters. The zero-order valence-corrected chi connectivity index (χ0v) is 10.7. The van der Waals surface area contributed by atoms with Gasteiger partial charge in [-0.3, -0.25) is 4.72 Å². The van der Waals surface area contributed by atoms with Crippen molar-refractivity contribution < 1.29 is 12.9 Å². The van der Waals surface area contributed by atoms with Crippen molar-refractivity contribution in [2.75, 3.05) is 10.5 Å². The fourth-order valence-electron chi connectivity index (χ4n) is 1.48. The van der Waals surface area contributed by atoms with Gasteiger partial charge in [0.15, 0.2) is 5.82 Å². The number of benzene rings is 1. The maximum absolute atomic E-state index is 12.1. The Morgan fingerprint density at radius 3 is 2.74 bits per heavy atom. The Hall–Kier alpha value is -2.53. The lowest BCUT2D eigenvalue weighted by Crippen LogP contribution is -2.14. The quantitative estimate of drug-likeness (QED) is 0.814. The number of hydrogen-bond acceptors (Lipinski definition) is 6. The summed E-state index contributed by atoms with van der Waals surface area (Å²) >= 11 is 0. The number of anilines is 2. The summed E-state index contributed by atoms with van der Waals surface area (Å²) in [7, 11) is -3.91. The maximum atomic E-state index is 12.1. The zero-order chi connectivity index (χ0) is 14.0. The van der Waals surface area contributed by atoms with Crippen molar-refractivity contribution >= 4 is 21.5 Å². The standard InChI is InChI=1S/C11H10N4O3S/c1-7-4-11(14-18-7)15-19(16,17)10-3-2-9(13)5-8(10)6-12/h2-5H,13H2,1H3,(H,14,15). The third-order valence-corrected chi connectivity index (χ3v) is 3.69. The van der Waals surface area contributed by atoms with Gasteiger partial charge in [-0.15, -0.1) is 0 Å². The highest BCUT2D eigenvalue weighted by molar-refractivity contribution is 7.92. The summed E-state index contributed by atoms with van der Waals surface area (Å²) in [6, 6.07) is 7.19. The second-order valence-electron chi connectivity index (χ2n) is 3.80. The molecule has 1 aromatic heterocycles. The molecule has 0 fully saturated rings. The monoisotopic (exact) mass is 278 g/mol.